The predicted octanol–water partition coefficient (Wildman–Crippen LogP) is 1.10. The first-order valence-corrected chi connectivity index (χ1v) is 7.93. The number of carbonyl (C=O) groups excluding carboxylic acids is 2. The first-order valence-electron chi connectivity index (χ1n) is 6.78. The molecule has 1 aromatic heterocycles. The van der Waals surface area contributed by atoms with Crippen LogP contribution >= 0.6 is 23.1 Å². The SMILES string of the molecule is CC(C)N1C(=O)N[C@@]2(CCN(Cc3nnsc3Cl)C2)C1=O. The number of likely N-dealkylation sites (tertiary alicyclic amines) is 1. The predicted molar refractivity (Wildman–Crippen MR) is 78.1 cm³/mol. The number of halogens is 1. The van der Waals surface area contributed by atoms with Gasteiger partial charge in [-0.3, -0.25) is 14.6 Å². The average molecular weight is 330 g/mol. The van der Waals surface area contributed by atoms with Crippen molar-refractivity contribution in [2.75, 3.05) is 13.1 Å². The molecule has 1 aromatic rings. The molecule has 3 rings (SSSR count). The first-order chi connectivity index (χ1) is 9.93. The van der Waals surface area contributed by atoms with Crippen LogP contribution in [0.1, 0.15) is 26.0 Å². The number of imide groups is 1. The van der Waals surface area contributed by atoms with E-state index in [1.807, 2.05) is 13.8 Å². The molecule has 2 aliphatic heterocycles. The number of amides is 3. The van der Waals surface area contributed by atoms with Gasteiger partial charge in [0.15, 0.2) is 0 Å². The summed E-state index contributed by atoms with van der Waals surface area (Å²) in [5.41, 5.74) is -0.0757. The van der Waals surface area contributed by atoms with Crippen molar-refractivity contribution in [1.82, 2.24) is 24.7 Å². The highest BCUT2D eigenvalue weighted by Crippen LogP contribution is 2.31. The molecule has 0 aliphatic carbocycles. The maximum Gasteiger partial charge on any atom is 0.325 e. The third-order valence-electron chi connectivity index (χ3n) is 3.94. The minimum absolute atomic E-state index is 0.132. The Morgan fingerprint density at radius 3 is 2.81 bits per heavy atom. The Bertz CT molecular complexity index is 592. The number of nitrogens with one attached hydrogen (secondary N) is 1. The number of urea groups is 1. The molecule has 1 N–H and O–H groups in total. The van der Waals surface area contributed by atoms with E-state index in [4.69, 9.17) is 11.6 Å². The lowest BCUT2D eigenvalue weighted by Gasteiger charge is -2.23. The summed E-state index contributed by atoms with van der Waals surface area (Å²) >= 11 is 7.16. The van der Waals surface area contributed by atoms with Gasteiger partial charge in [-0.2, -0.15) is 0 Å². The van der Waals surface area contributed by atoms with Crippen LogP contribution < -0.4 is 5.32 Å². The molecule has 2 fully saturated rings. The third kappa shape index (κ3) is 2.41. The van der Waals surface area contributed by atoms with E-state index < -0.39 is 5.54 Å². The Labute approximate surface area is 131 Å². The molecule has 0 saturated carbocycles. The van der Waals surface area contributed by atoms with Crippen molar-refractivity contribution in [3.8, 4) is 0 Å². The molecule has 3 heterocycles. The van der Waals surface area contributed by atoms with Gasteiger partial charge in [0, 0.05) is 37.2 Å². The number of hydrogen-bond acceptors (Lipinski definition) is 6. The lowest BCUT2D eigenvalue weighted by Crippen LogP contribution is -2.49. The van der Waals surface area contributed by atoms with Gasteiger partial charge in [-0.25, -0.2) is 4.79 Å². The Morgan fingerprint density at radius 2 is 2.24 bits per heavy atom. The molecule has 1 spiro atoms. The van der Waals surface area contributed by atoms with Crippen LogP contribution in [0.2, 0.25) is 4.34 Å². The second kappa shape index (κ2) is 5.19. The minimum Gasteiger partial charge on any atom is -0.322 e. The van der Waals surface area contributed by atoms with Crippen molar-refractivity contribution < 1.29 is 9.59 Å². The maximum atomic E-state index is 12.6. The van der Waals surface area contributed by atoms with Gasteiger partial charge in [0.2, 0.25) is 0 Å². The lowest BCUT2D eigenvalue weighted by molar-refractivity contribution is -0.132. The van der Waals surface area contributed by atoms with Crippen molar-refractivity contribution in [2.45, 2.75) is 38.4 Å². The Kier molecular flexibility index (Phi) is 3.62. The van der Waals surface area contributed by atoms with Gasteiger partial charge < -0.3 is 5.32 Å². The highest BCUT2D eigenvalue weighted by Gasteiger charge is 2.55. The summed E-state index contributed by atoms with van der Waals surface area (Å²) < 4.78 is 4.37. The van der Waals surface area contributed by atoms with Crippen LogP contribution in [0.5, 0.6) is 0 Å². The van der Waals surface area contributed by atoms with E-state index >= 15 is 0 Å². The summed E-state index contributed by atoms with van der Waals surface area (Å²) in [5, 5.41) is 6.85. The molecular weight excluding hydrogens is 314 g/mol. The molecule has 0 unspecified atom stereocenters. The number of hydrogen-bond donors (Lipinski definition) is 1. The molecule has 3 amide bonds. The fourth-order valence-electron chi connectivity index (χ4n) is 2.91. The molecule has 0 aromatic carbocycles. The monoisotopic (exact) mass is 329 g/mol. The standard InChI is InChI=1S/C12H16ClN5O2S/c1-7(2)18-10(19)12(14-11(18)20)3-4-17(6-12)5-8-9(13)21-16-15-8/h7H,3-6H2,1-2H3,(H,14,20)/t12-/m1/s1. The highest BCUT2D eigenvalue weighted by molar-refractivity contribution is 7.10. The zero-order valence-electron chi connectivity index (χ0n) is 11.8. The molecule has 21 heavy (non-hydrogen) atoms. The minimum atomic E-state index is -0.794. The molecule has 114 valence electrons. The highest BCUT2D eigenvalue weighted by atomic mass is 35.5. The number of rotatable bonds is 3. The second-order valence-electron chi connectivity index (χ2n) is 5.74. The van der Waals surface area contributed by atoms with Crippen LogP contribution in [-0.2, 0) is 11.3 Å². The van der Waals surface area contributed by atoms with Crippen LogP contribution in [0.15, 0.2) is 0 Å². The van der Waals surface area contributed by atoms with Gasteiger partial charge in [0.25, 0.3) is 5.91 Å². The van der Waals surface area contributed by atoms with Gasteiger partial charge in [0.1, 0.15) is 15.6 Å². The molecule has 1 atom stereocenters. The molecule has 2 saturated heterocycles. The molecule has 2 aliphatic rings. The van der Waals surface area contributed by atoms with Crippen molar-refractivity contribution in [2.24, 2.45) is 0 Å². The molecule has 0 radical (unpaired) electrons. The average Bonchev–Trinajstić information content (AvgIpc) is 3.04. The van der Waals surface area contributed by atoms with Crippen molar-refractivity contribution in [1.29, 1.82) is 0 Å². The Morgan fingerprint density at radius 1 is 1.48 bits per heavy atom. The third-order valence-corrected chi connectivity index (χ3v) is 4.93. The summed E-state index contributed by atoms with van der Waals surface area (Å²) in [6.45, 7) is 5.41. The fourth-order valence-corrected chi connectivity index (χ4v) is 3.53. The van der Waals surface area contributed by atoms with Crippen LogP contribution in [0.25, 0.3) is 0 Å². The van der Waals surface area contributed by atoms with Crippen LogP contribution in [0.3, 0.4) is 0 Å². The van der Waals surface area contributed by atoms with Crippen molar-refractivity contribution in [3.05, 3.63) is 10.0 Å². The maximum absolute atomic E-state index is 12.6. The zero-order chi connectivity index (χ0) is 15.2. The normalized spacial score (nSPS) is 26.4. The zero-order valence-corrected chi connectivity index (χ0v) is 13.4. The smallest absolute Gasteiger partial charge is 0.322 e. The topological polar surface area (TPSA) is 78.4 Å². The van der Waals surface area contributed by atoms with E-state index in [0.29, 0.717) is 30.4 Å². The Hall–Kier alpha value is -1.25. The number of carbonyl (C=O) groups is 2. The van der Waals surface area contributed by atoms with E-state index in [2.05, 4.69) is 19.8 Å². The number of nitrogens with zero attached hydrogens (tertiary/aromatic N) is 4. The van der Waals surface area contributed by atoms with Crippen molar-refractivity contribution in [3.63, 3.8) is 0 Å². The summed E-state index contributed by atoms with van der Waals surface area (Å²) in [6, 6.07) is -0.437. The lowest BCUT2D eigenvalue weighted by atomic mass is 9.98. The van der Waals surface area contributed by atoms with Crippen LogP contribution in [0, 0.1) is 0 Å². The second-order valence-corrected chi connectivity index (χ2v) is 7.09. The first kappa shape index (κ1) is 14.7. The van der Waals surface area contributed by atoms with E-state index in [1.165, 1.54) is 4.90 Å². The Balaban J connectivity index is 1.73. The van der Waals surface area contributed by atoms with E-state index in [1.54, 1.807) is 0 Å². The quantitative estimate of drug-likeness (QED) is 0.840. The summed E-state index contributed by atoms with van der Waals surface area (Å²) in [6.07, 6.45) is 0.607. The van der Waals surface area contributed by atoms with E-state index in [9.17, 15) is 9.59 Å². The van der Waals surface area contributed by atoms with Gasteiger partial charge in [-0.05, 0) is 20.3 Å². The molecule has 7 nitrogen and oxygen atoms in total. The van der Waals surface area contributed by atoms with Crippen LogP contribution in [-0.4, -0.2) is 56.0 Å². The molecular formula is C12H16ClN5O2S. The largest absolute Gasteiger partial charge is 0.325 e. The van der Waals surface area contributed by atoms with Crippen LogP contribution in [0.4, 0.5) is 4.79 Å². The van der Waals surface area contributed by atoms with Gasteiger partial charge in [-0.1, -0.05) is 16.1 Å². The van der Waals surface area contributed by atoms with Gasteiger partial charge >= 0.3 is 6.03 Å². The van der Waals surface area contributed by atoms with Gasteiger partial charge in [-0.15, -0.1) is 5.10 Å². The van der Waals surface area contributed by atoms with Gasteiger partial charge in [0.05, 0.1) is 0 Å². The summed E-state index contributed by atoms with van der Waals surface area (Å²) in [7, 11) is 0. The van der Waals surface area contributed by atoms with E-state index in [0.717, 1.165) is 17.2 Å². The summed E-state index contributed by atoms with van der Waals surface area (Å²) in [4.78, 5) is 27.9. The van der Waals surface area contributed by atoms with E-state index in [-0.39, 0.29) is 18.0 Å². The summed E-state index contributed by atoms with van der Waals surface area (Å²) in [5.74, 6) is -0.132. The van der Waals surface area contributed by atoms with Crippen molar-refractivity contribution >= 4 is 35.1 Å². The molecule has 0 bridgehead atoms. The fraction of sp³-hybridized carbons (Fsp3) is 0.667. The molecule has 9 heteroatoms. The number of aromatic nitrogens is 2.